The van der Waals surface area contributed by atoms with Gasteiger partial charge in [0.15, 0.2) is 0 Å². The zero-order valence-electron chi connectivity index (χ0n) is 11.9. The third-order valence-corrected chi connectivity index (χ3v) is 3.65. The maximum atomic E-state index is 6.00. The van der Waals surface area contributed by atoms with Crippen LogP contribution in [0.25, 0.3) is 10.8 Å². The fraction of sp³-hybridized carbons (Fsp3) is 0.375. The van der Waals surface area contributed by atoms with Gasteiger partial charge >= 0.3 is 0 Å². The van der Waals surface area contributed by atoms with Crippen molar-refractivity contribution in [3.05, 3.63) is 42.0 Å². The summed E-state index contributed by atoms with van der Waals surface area (Å²) in [4.78, 5) is 0. The van der Waals surface area contributed by atoms with Gasteiger partial charge in [0.25, 0.3) is 9.04 Å². The second kappa shape index (κ2) is 4.77. The summed E-state index contributed by atoms with van der Waals surface area (Å²) in [7, 11) is -0.725. The molecule has 2 heteroatoms. The Morgan fingerprint density at radius 1 is 1.00 bits per heavy atom. The Bertz CT molecular complexity index is 553. The van der Waals surface area contributed by atoms with E-state index in [0.29, 0.717) is 0 Å². The standard InChI is InChI=1S/C16H21OSi/c1-16(2,3)13-10-9-12-7-6-8-15(14(12)11-13)17-18(4)5/h6-11H,1-5H3. The molecule has 0 bridgehead atoms. The van der Waals surface area contributed by atoms with Crippen molar-refractivity contribution < 1.29 is 4.43 Å². The maximum Gasteiger partial charge on any atom is 0.274 e. The molecule has 1 nitrogen and oxygen atoms in total. The highest BCUT2D eigenvalue weighted by Crippen LogP contribution is 2.31. The van der Waals surface area contributed by atoms with E-state index in [-0.39, 0.29) is 5.41 Å². The molecule has 0 heterocycles. The average Bonchev–Trinajstić information content (AvgIpc) is 2.27. The van der Waals surface area contributed by atoms with E-state index in [4.69, 9.17) is 4.43 Å². The van der Waals surface area contributed by atoms with E-state index in [1.807, 2.05) is 0 Å². The lowest BCUT2D eigenvalue weighted by Gasteiger charge is -2.20. The van der Waals surface area contributed by atoms with Crippen LogP contribution in [-0.4, -0.2) is 9.04 Å². The first-order chi connectivity index (χ1) is 8.38. The van der Waals surface area contributed by atoms with Crippen molar-refractivity contribution >= 4 is 19.8 Å². The minimum Gasteiger partial charge on any atom is -0.542 e. The van der Waals surface area contributed by atoms with Gasteiger partial charge in [0, 0.05) is 5.39 Å². The summed E-state index contributed by atoms with van der Waals surface area (Å²) in [6, 6.07) is 13.0. The summed E-state index contributed by atoms with van der Waals surface area (Å²) in [6.45, 7) is 11.1. The van der Waals surface area contributed by atoms with Gasteiger partial charge in [0.2, 0.25) is 0 Å². The molecule has 0 saturated heterocycles. The summed E-state index contributed by atoms with van der Waals surface area (Å²) < 4.78 is 6.00. The van der Waals surface area contributed by atoms with Gasteiger partial charge in [-0.15, -0.1) is 0 Å². The van der Waals surface area contributed by atoms with E-state index >= 15 is 0 Å². The Hall–Kier alpha value is -1.28. The molecule has 2 rings (SSSR count). The quantitative estimate of drug-likeness (QED) is 0.704. The second-order valence-electron chi connectivity index (χ2n) is 5.95. The maximum absolute atomic E-state index is 6.00. The van der Waals surface area contributed by atoms with Gasteiger partial charge in [-0.2, -0.15) is 0 Å². The molecular formula is C16H21OSi. The SMILES string of the molecule is C[Si](C)Oc1cccc2ccc(C(C)(C)C)cc12. The molecule has 2 aromatic rings. The Morgan fingerprint density at radius 3 is 2.33 bits per heavy atom. The number of benzene rings is 2. The topological polar surface area (TPSA) is 9.23 Å². The number of fused-ring (bicyclic) bond motifs is 1. The van der Waals surface area contributed by atoms with Gasteiger partial charge in [-0.3, -0.25) is 0 Å². The largest absolute Gasteiger partial charge is 0.542 e. The van der Waals surface area contributed by atoms with Gasteiger partial charge < -0.3 is 4.43 Å². The normalized spacial score (nSPS) is 12.1. The van der Waals surface area contributed by atoms with Crippen molar-refractivity contribution in [3.63, 3.8) is 0 Å². The molecule has 0 atom stereocenters. The molecular weight excluding hydrogens is 236 g/mol. The van der Waals surface area contributed by atoms with Crippen molar-refractivity contribution in [1.29, 1.82) is 0 Å². The van der Waals surface area contributed by atoms with Crippen LogP contribution in [0.15, 0.2) is 36.4 Å². The van der Waals surface area contributed by atoms with Crippen molar-refractivity contribution in [1.82, 2.24) is 0 Å². The van der Waals surface area contributed by atoms with Crippen LogP contribution in [0.1, 0.15) is 26.3 Å². The molecule has 0 aliphatic rings. The summed E-state index contributed by atoms with van der Waals surface area (Å²) >= 11 is 0. The number of hydrogen-bond donors (Lipinski definition) is 0. The average molecular weight is 257 g/mol. The Labute approximate surface area is 112 Å². The molecule has 18 heavy (non-hydrogen) atoms. The third kappa shape index (κ3) is 2.75. The molecule has 0 spiro atoms. The van der Waals surface area contributed by atoms with Gasteiger partial charge in [-0.05, 0) is 41.6 Å². The predicted molar refractivity (Wildman–Crippen MR) is 80.8 cm³/mol. The van der Waals surface area contributed by atoms with Crippen LogP contribution in [0.2, 0.25) is 13.1 Å². The minimum absolute atomic E-state index is 0.174. The molecule has 2 aromatic carbocycles. The Morgan fingerprint density at radius 2 is 1.72 bits per heavy atom. The van der Waals surface area contributed by atoms with Gasteiger partial charge in [0.05, 0.1) is 0 Å². The Kier molecular flexibility index (Phi) is 3.49. The van der Waals surface area contributed by atoms with Crippen LogP contribution in [0.4, 0.5) is 0 Å². The van der Waals surface area contributed by atoms with E-state index in [1.54, 1.807) is 0 Å². The summed E-state index contributed by atoms with van der Waals surface area (Å²) in [5.74, 6) is 1.03. The highest BCUT2D eigenvalue weighted by atomic mass is 28.3. The molecule has 0 saturated carbocycles. The number of rotatable bonds is 2. The first-order valence-corrected chi connectivity index (χ1v) is 8.80. The highest BCUT2D eigenvalue weighted by Gasteiger charge is 2.15. The van der Waals surface area contributed by atoms with Gasteiger partial charge in [-0.25, -0.2) is 0 Å². The molecule has 0 aliphatic heterocycles. The number of hydrogen-bond acceptors (Lipinski definition) is 1. The first kappa shape index (κ1) is 13.2. The lowest BCUT2D eigenvalue weighted by atomic mass is 9.86. The fourth-order valence-electron chi connectivity index (χ4n) is 2.02. The predicted octanol–water partition coefficient (Wildman–Crippen LogP) is 4.77. The summed E-state index contributed by atoms with van der Waals surface area (Å²) in [5.41, 5.74) is 1.53. The van der Waals surface area contributed by atoms with E-state index in [1.165, 1.54) is 16.3 Å². The van der Waals surface area contributed by atoms with Crippen LogP contribution in [0, 0.1) is 0 Å². The highest BCUT2D eigenvalue weighted by molar-refractivity contribution is 6.49. The summed E-state index contributed by atoms with van der Waals surface area (Å²) in [5, 5.41) is 2.49. The second-order valence-corrected chi connectivity index (χ2v) is 7.97. The van der Waals surface area contributed by atoms with Gasteiger partial charge in [0.1, 0.15) is 5.75 Å². The molecule has 0 aliphatic carbocycles. The van der Waals surface area contributed by atoms with Crippen molar-refractivity contribution in [2.75, 3.05) is 0 Å². The molecule has 0 amide bonds. The Balaban J connectivity index is 2.58. The van der Waals surface area contributed by atoms with E-state index in [2.05, 4.69) is 70.3 Å². The lowest BCUT2D eigenvalue weighted by Crippen LogP contribution is -2.12. The molecule has 1 radical (unpaired) electrons. The van der Waals surface area contributed by atoms with Gasteiger partial charge in [-0.1, -0.05) is 45.0 Å². The van der Waals surface area contributed by atoms with Crippen molar-refractivity contribution in [2.45, 2.75) is 39.3 Å². The first-order valence-electron chi connectivity index (χ1n) is 6.39. The summed E-state index contributed by atoms with van der Waals surface area (Å²) in [6.07, 6.45) is 0. The molecule has 95 valence electrons. The van der Waals surface area contributed by atoms with E-state index < -0.39 is 9.04 Å². The van der Waals surface area contributed by atoms with Crippen LogP contribution < -0.4 is 4.43 Å². The monoisotopic (exact) mass is 257 g/mol. The van der Waals surface area contributed by atoms with Crippen molar-refractivity contribution in [3.8, 4) is 5.75 Å². The van der Waals surface area contributed by atoms with E-state index in [9.17, 15) is 0 Å². The zero-order valence-corrected chi connectivity index (χ0v) is 12.9. The van der Waals surface area contributed by atoms with Crippen molar-refractivity contribution in [2.24, 2.45) is 0 Å². The molecule has 0 fully saturated rings. The van der Waals surface area contributed by atoms with Crippen LogP contribution in [-0.2, 0) is 5.41 Å². The van der Waals surface area contributed by atoms with E-state index in [0.717, 1.165) is 5.75 Å². The molecule has 0 N–H and O–H groups in total. The molecule has 0 aromatic heterocycles. The van der Waals surface area contributed by atoms with Crippen LogP contribution in [0.5, 0.6) is 5.75 Å². The third-order valence-electron chi connectivity index (χ3n) is 3.02. The molecule has 0 unspecified atom stereocenters. The smallest absolute Gasteiger partial charge is 0.274 e. The van der Waals surface area contributed by atoms with Crippen LogP contribution >= 0.6 is 0 Å². The lowest BCUT2D eigenvalue weighted by molar-refractivity contribution is 0.583. The fourth-order valence-corrected chi connectivity index (χ4v) is 2.64. The minimum atomic E-state index is -0.725. The zero-order chi connectivity index (χ0) is 13.3. The van der Waals surface area contributed by atoms with Crippen LogP contribution in [0.3, 0.4) is 0 Å².